The van der Waals surface area contributed by atoms with E-state index in [2.05, 4.69) is 18.7 Å². The van der Waals surface area contributed by atoms with Crippen LogP contribution in [0.2, 0.25) is 0 Å². The molecule has 62 valence electrons. The molecule has 1 rings (SSSR count). The maximum Gasteiger partial charge on any atom is -1.00 e. The molecule has 0 fully saturated rings. The molecule has 0 nitrogen and oxygen atoms in total. The first kappa shape index (κ1) is 18.6. The Morgan fingerprint density at radius 2 is 1.64 bits per heavy atom. The van der Waals surface area contributed by atoms with E-state index in [1.54, 1.807) is 32.4 Å². The summed E-state index contributed by atoms with van der Waals surface area (Å²) in [6.07, 6.45) is 0. The molecule has 0 aromatic heterocycles. The Labute approximate surface area is 108 Å². The third-order valence-corrected chi connectivity index (χ3v) is 6.77. The molecule has 1 aliphatic rings. The molecule has 0 amide bonds. The van der Waals surface area contributed by atoms with Crippen LogP contribution in [0.25, 0.3) is 0 Å². The van der Waals surface area contributed by atoms with Crippen molar-refractivity contribution in [2.24, 2.45) is 0 Å². The van der Waals surface area contributed by atoms with Crippen LogP contribution < -0.4 is 37.2 Å². The zero-order valence-corrected chi connectivity index (χ0v) is 13.0. The van der Waals surface area contributed by atoms with Crippen LogP contribution in [0, 0.1) is 0 Å². The van der Waals surface area contributed by atoms with Crippen LogP contribution in [-0.4, -0.2) is 15.8 Å². The first-order chi connectivity index (χ1) is 3.72. The van der Waals surface area contributed by atoms with Crippen LogP contribution in [0.1, 0.15) is 13.8 Å². The first-order valence-electron chi connectivity index (χ1n) is 2.58. The van der Waals surface area contributed by atoms with Crippen LogP contribution in [0.5, 0.6) is 0 Å². The van der Waals surface area contributed by atoms with E-state index in [4.69, 9.17) is 0 Å². The van der Waals surface area contributed by atoms with E-state index in [1.807, 2.05) is 0 Å². The fourth-order valence-electron chi connectivity index (χ4n) is 0.594. The molecule has 0 aliphatic carbocycles. The maximum absolute atomic E-state index is 2.43. The van der Waals surface area contributed by atoms with Gasteiger partial charge in [-0.2, -0.15) is 0 Å². The zero-order valence-electron chi connectivity index (χ0n) is 6.21. The van der Waals surface area contributed by atoms with E-state index in [1.165, 1.54) is 5.57 Å². The summed E-state index contributed by atoms with van der Waals surface area (Å²) in [5.41, 5.74) is 3.12. The van der Waals surface area contributed by atoms with Crippen LogP contribution in [0.4, 0.5) is 0 Å². The second-order valence-corrected chi connectivity index (χ2v) is 8.04. The fraction of sp³-hybridized carbons (Fsp3) is 0.333. The molecule has 5 heteroatoms. The van der Waals surface area contributed by atoms with Gasteiger partial charge in [0.2, 0.25) is 0 Å². The Morgan fingerprint density at radius 3 is 1.73 bits per heavy atom. The van der Waals surface area contributed by atoms with E-state index in [9.17, 15) is 0 Å². The SMILES string of the molecule is CC1=C[AsH][C]([Zr+3])=C1C.[Cl-].[Cl-].[Cl-]. The molecule has 0 N–H and O–H groups in total. The van der Waals surface area contributed by atoms with Crippen molar-refractivity contribution in [3.05, 3.63) is 18.1 Å². The molecule has 0 spiro atoms. The number of allylic oxidation sites excluding steroid dienone is 2. The number of hydrogen-bond donors (Lipinski definition) is 0. The smallest absolute Gasteiger partial charge is 1.00 e. The molecule has 0 aromatic carbocycles. The molecule has 0 saturated carbocycles. The van der Waals surface area contributed by atoms with E-state index >= 15 is 0 Å². The van der Waals surface area contributed by atoms with E-state index in [-0.39, 0.29) is 53.0 Å². The second-order valence-electron chi connectivity index (χ2n) is 1.97. The minimum absolute atomic E-state index is 0. The molecular formula is C6H8AsCl3Zr. The number of halogens is 3. The topological polar surface area (TPSA) is 0 Å². The van der Waals surface area contributed by atoms with Gasteiger partial charge in [-0.15, -0.1) is 0 Å². The predicted octanol–water partition coefficient (Wildman–Crippen LogP) is -7.87. The second kappa shape index (κ2) is 8.39. The molecule has 1 unspecified atom stereocenters. The van der Waals surface area contributed by atoms with Gasteiger partial charge in [-0.05, 0) is 0 Å². The van der Waals surface area contributed by atoms with Crippen LogP contribution in [-0.2, 0) is 24.7 Å². The summed E-state index contributed by atoms with van der Waals surface area (Å²) in [5.74, 6) is 0. The van der Waals surface area contributed by atoms with Gasteiger partial charge in [-0.1, -0.05) is 0 Å². The average Bonchev–Trinajstić information content (AvgIpc) is 1.98. The van der Waals surface area contributed by atoms with Crippen molar-refractivity contribution in [1.82, 2.24) is 0 Å². The molecule has 0 saturated heterocycles. The van der Waals surface area contributed by atoms with Crippen molar-refractivity contribution in [3.63, 3.8) is 0 Å². The van der Waals surface area contributed by atoms with Gasteiger partial charge in [-0.3, -0.25) is 0 Å². The summed E-state index contributed by atoms with van der Waals surface area (Å²) in [6.45, 7) is 4.46. The van der Waals surface area contributed by atoms with Crippen molar-refractivity contribution in [3.8, 4) is 0 Å². The molecular weight excluding hydrogens is 345 g/mol. The zero-order chi connectivity index (χ0) is 6.15. The van der Waals surface area contributed by atoms with E-state index in [0.29, 0.717) is 0 Å². The van der Waals surface area contributed by atoms with Crippen molar-refractivity contribution in [2.45, 2.75) is 13.8 Å². The molecule has 0 radical (unpaired) electrons. The summed E-state index contributed by atoms with van der Waals surface area (Å²) in [6, 6.07) is 0. The Balaban J connectivity index is -0.000000213. The van der Waals surface area contributed by atoms with E-state index < -0.39 is 0 Å². The summed E-state index contributed by atoms with van der Waals surface area (Å²) in [5, 5.41) is 0. The summed E-state index contributed by atoms with van der Waals surface area (Å²) < 4.78 is 1.75. The molecule has 11 heavy (non-hydrogen) atoms. The Morgan fingerprint density at radius 1 is 1.18 bits per heavy atom. The normalized spacial score (nSPS) is 16.5. The minimum atomic E-state index is 0. The number of hydrogen-bond acceptors (Lipinski definition) is 0. The van der Waals surface area contributed by atoms with Crippen LogP contribution in [0.3, 0.4) is 0 Å². The van der Waals surface area contributed by atoms with E-state index in [0.717, 1.165) is 0 Å². The van der Waals surface area contributed by atoms with Gasteiger partial charge < -0.3 is 37.2 Å². The Kier molecular flexibility index (Phi) is 14.2. The summed E-state index contributed by atoms with van der Waals surface area (Å²) in [4.78, 5) is 2.43. The summed E-state index contributed by atoms with van der Waals surface area (Å²) in [7, 11) is 0. The largest absolute Gasteiger partial charge is 1.00 e. The maximum atomic E-state index is 2.43. The van der Waals surface area contributed by atoms with Gasteiger partial charge >= 0.3 is 72.4 Å². The van der Waals surface area contributed by atoms with Crippen molar-refractivity contribution < 1.29 is 61.9 Å². The molecule has 1 aliphatic heterocycles. The monoisotopic (exact) mass is 350 g/mol. The molecule has 0 aromatic rings. The van der Waals surface area contributed by atoms with Crippen LogP contribution >= 0.6 is 0 Å². The Hall–Kier alpha value is 1.79. The Bertz CT molecular complexity index is 171. The number of rotatable bonds is 0. The fourth-order valence-corrected chi connectivity index (χ4v) is 4.08. The van der Waals surface area contributed by atoms with Crippen LogP contribution in [0.15, 0.2) is 18.1 Å². The summed E-state index contributed by atoms with van der Waals surface area (Å²) >= 11 is 1.88. The van der Waals surface area contributed by atoms with Crippen molar-refractivity contribution in [2.75, 3.05) is 0 Å². The third-order valence-electron chi connectivity index (χ3n) is 1.40. The quantitative estimate of drug-likeness (QED) is 0.380. The predicted molar refractivity (Wildman–Crippen MR) is 33.6 cm³/mol. The van der Waals surface area contributed by atoms with Gasteiger partial charge in [0.1, 0.15) is 0 Å². The van der Waals surface area contributed by atoms with Gasteiger partial charge in [0.05, 0.1) is 0 Å². The van der Waals surface area contributed by atoms with Gasteiger partial charge in [0, 0.05) is 0 Å². The van der Waals surface area contributed by atoms with Gasteiger partial charge in [-0.25, -0.2) is 0 Å². The van der Waals surface area contributed by atoms with Gasteiger partial charge in [0.15, 0.2) is 0 Å². The molecule has 0 bridgehead atoms. The molecule has 1 atom stereocenters. The molecule has 1 heterocycles. The average molecular weight is 353 g/mol. The van der Waals surface area contributed by atoms with Crippen molar-refractivity contribution in [1.29, 1.82) is 0 Å². The van der Waals surface area contributed by atoms with Crippen molar-refractivity contribution >= 4 is 15.8 Å². The third kappa shape index (κ3) is 5.17. The standard InChI is InChI=1S/C6H8As.3ClH.Zr/c1-5-3-7-4-6(5)2;;;;/h3,7H,1-2H3;3*1H;/q;;;;+3/p-3. The first-order valence-corrected chi connectivity index (χ1v) is 6.07. The van der Waals surface area contributed by atoms with Gasteiger partial charge in [0.25, 0.3) is 0 Å². The minimum Gasteiger partial charge on any atom is -1.00 e.